The Morgan fingerprint density at radius 3 is 2.63 bits per heavy atom. The fourth-order valence-corrected chi connectivity index (χ4v) is 3.01. The van der Waals surface area contributed by atoms with Gasteiger partial charge in [0.1, 0.15) is 5.75 Å². The highest BCUT2D eigenvalue weighted by Gasteiger charge is 2.09. The van der Waals surface area contributed by atoms with Gasteiger partial charge in [0.15, 0.2) is 0 Å². The van der Waals surface area contributed by atoms with Gasteiger partial charge in [-0.1, -0.05) is 30.3 Å². The summed E-state index contributed by atoms with van der Waals surface area (Å²) in [7, 11) is 0. The quantitative estimate of drug-likeness (QED) is 0.474. The van der Waals surface area contributed by atoms with Crippen LogP contribution in [0.1, 0.15) is 0 Å². The van der Waals surface area contributed by atoms with Gasteiger partial charge >= 0.3 is 0 Å². The van der Waals surface area contributed by atoms with Gasteiger partial charge in [-0.25, -0.2) is 0 Å². The third kappa shape index (κ3) is 1.48. The van der Waals surface area contributed by atoms with Gasteiger partial charge in [-0.15, -0.1) is 0 Å². The van der Waals surface area contributed by atoms with E-state index >= 15 is 0 Å². The number of fused-ring (bicyclic) bond motifs is 5. The molecule has 1 aromatic heterocycles. The molecular weight excluding hydrogens is 302 g/mol. The molecule has 3 aromatic carbocycles. The number of hydrogen-bond acceptors (Lipinski definition) is 1. The Hall–Kier alpha value is -2.00. The standard InChI is InChI=1S/C16H10BrNO/c17-13-7-9-5-6-11-10-3-1-2-4-14(10)18-16(11)12(9)8-15(13)19/h1-8,18-19H. The van der Waals surface area contributed by atoms with Crippen LogP contribution >= 0.6 is 15.9 Å². The number of hydrogen-bond donors (Lipinski definition) is 2. The normalized spacial score (nSPS) is 11.6. The van der Waals surface area contributed by atoms with Crippen LogP contribution in [0.15, 0.2) is 53.0 Å². The van der Waals surface area contributed by atoms with Crippen LogP contribution in [0.4, 0.5) is 0 Å². The molecule has 0 aliphatic carbocycles. The minimum Gasteiger partial charge on any atom is -0.507 e. The summed E-state index contributed by atoms with van der Waals surface area (Å²) in [5.74, 6) is 0.263. The van der Waals surface area contributed by atoms with Crippen molar-refractivity contribution in [3.05, 3.63) is 53.0 Å². The molecule has 19 heavy (non-hydrogen) atoms. The van der Waals surface area contributed by atoms with Gasteiger partial charge in [0.2, 0.25) is 0 Å². The molecule has 0 bridgehead atoms. The Morgan fingerprint density at radius 1 is 0.895 bits per heavy atom. The molecule has 2 N–H and O–H groups in total. The highest BCUT2D eigenvalue weighted by atomic mass is 79.9. The highest BCUT2D eigenvalue weighted by molar-refractivity contribution is 9.10. The summed E-state index contributed by atoms with van der Waals surface area (Å²) in [6.07, 6.45) is 0. The van der Waals surface area contributed by atoms with E-state index < -0.39 is 0 Å². The number of halogens is 1. The van der Waals surface area contributed by atoms with Gasteiger partial charge in [-0.3, -0.25) is 0 Å². The van der Waals surface area contributed by atoms with E-state index in [9.17, 15) is 5.11 Å². The van der Waals surface area contributed by atoms with Gasteiger partial charge in [0.05, 0.1) is 9.99 Å². The maximum absolute atomic E-state index is 9.89. The molecule has 4 aromatic rings. The zero-order valence-electron chi connectivity index (χ0n) is 9.94. The smallest absolute Gasteiger partial charge is 0.130 e. The number of aromatic nitrogens is 1. The number of para-hydroxylation sites is 1. The summed E-state index contributed by atoms with van der Waals surface area (Å²) in [6, 6.07) is 16.2. The first-order valence-electron chi connectivity index (χ1n) is 6.06. The molecule has 0 aliphatic rings. The van der Waals surface area contributed by atoms with Crippen LogP contribution in [0, 0.1) is 0 Å². The van der Waals surface area contributed by atoms with E-state index in [1.165, 1.54) is 10.8 Å². The molecule has 92 valence electrons. The Kier molecular flexibility index (Phi) is 2.15. The second-order valence-electron chi connectivity index (χ2n) is 4.68. The number of phenols is 1. The number of aromatic hydroxyl groups is 1. The van der Waals surface area contributed by atoms with E-state index in [0.29, 0.717) is 0 Å². The Bertz CT molecular complexity index is 940. The molecular formula is C16H10BrNO. The van der Waals surface area contributed by atoms with E-state index in [1.54, 1.807) is 6.07 Å². The van der Waals surface area contributed by atoms with Gasteiger partial charge in [-0.05, 0) is 39.5 Å². The zero-order valence-corrected chi connectivity index (χ0v) is 11.5. The number of rotatable bonds is 0. The third-order valence-corrected chi connectivity index (χ3v) is 4.20. The van der Waals surface area contributed by atoms with E-state index in [0.717, 1.165) is 26.3 Å². The summed E-state index contributed by atoms with van der Waals surface area (Å²) >= 11 is 3.35. The van der Waals surface area contributed by atoms with E-state index in [4.69, 9.17) is 0 Å². The molecule has 0 aliphatic heterocycles. The molecule has 2 nitrogen and oxygen atoms in total. The predicted molar refractivity (Wildman–Crippen MR) is 82.7 cm³/mol. The first-order valence-corrected chi connectivity index (χ1v) is 6.85. The van der Waals surface area contributed by atoms with Gasteiger partial charge in [-0.2, -0.15) is 0 Å². The molecule has 0 radical (unpaired) electrons. The maximum Gasteiger partial charge on any atom is 0.130 e. The monoisotopic (exact) mass is 311 g/mol. The molecule has 0 saturated heterocycles. The number of H-pyrrole nitrogens is 1. The molecule has 0 saturated carbocycles. The van der Waals surface area contributed by atoms with Crippen molar-refractivity contribution >= 4 is 48.5 Å². The van der Waals surface area contributed by atoms with Crippen LogP contribution in [-0.2, 0) is 0 Å². The fourth-order valence-electron chi connectivity index (χ4n) is 2.65. The Balaban J connectivity index is 2.27. The molecule has 1 heterocycles. The van der Waals surface area contributed by atoms with Crippen molar-refractivity contribution in [2.75, 3.05) is 0 Å². The Morgan fingerprint density at radius 2 is 1.74 bits per heavy atom. The molecule has 0 unspecified atom stereocenters. The lowest BCUT2D eigenvalue weighted by atomic mass is 10.1. The molecule has 0 atom stereocenters. The van der Waals surface area contributed by atoms with E-state index in [2.05, 4.69) is 45.2 Å². The highest BCUT2D eigenvalue weighted by Crippen LogP contribution is 2.35. The number of aromatic amines is 1. The average molecular weight is 312 g/mol. The van der Waals surface area contributed by atoms with E-state index in [-0.39, 0.29) is 5.75 Å². The first-order chi connectivity index (χ1) is 9.24. The van der Waals surface area contributed by atoms with Crippen molar-refractivity contribution < 1.29 is 5.11 Å². The van der Waals surface area contributed by atoms with Gasteiger partial charge in [0.25, 0.3) is 0 Å². The first kappa shape index (κ1) is 10.9. The average Bonchev–Trinajstić information content (AvgIpc) is 2.79. The van der Waals surface area contributed by atoms with Crippen molar-refractivity contribution in [1.29, 1.82) is 0 Å². The van der Waals surface area contributed by atoms with Crippen molar-refractivity contribution in [2.24, 2.45) is 0 Å². The second-order valence-corrected chi connectivity index (χ2v) is 5.54. The van der Waals surface area contributed by atoms with E-state index in [1.807, 2.05) is 18.2 Å². The van der Waals surface area contributed by atoms with Crippen LogP contribution in [0.3, 0.4) is 0 Å². The third-order valence-electron chi connectivity index (χ3n) is 3.56. The SMILES string of the molecule is Oc1cc2c(ccc3c4ccccc4[nH]c23)cc1Br. The fraction of sp³-hybridized carbons (Fsp3) is 0. The van der Waals surface area contributed by atoms with Crippen LogP contribution < -0.4 is 0 Å². The summed E-state index contributed by atoms with van der Waals surface area (Å²) in [4.78, 5) is 3.44. The van der Waals surface area contributed by atoms with Crippen LogP contribution in [0.25, 0.3) is 32.6 Å². The maximum atomic E-state index is 9.89. The topological polar surface area (TPSA) is 36.0 Å². The summed E-state index contributed by atoms with van der Waals surface area (Å²) in [5.41, 5.74) is 2.19. The van der Waals surface area contributed by atoms with Gasteiger partial charge < -0.3 is 10.1 Å². The summed E-state index contributed by atoms with van der Waals surface area (Å²) < 4.78 is 0.718. The van der Waals surface area contributed by atoms with Crippen LogP contribution in [-0.4, -0.2) is 10.1 Å². The lowest BCUT2D eigenvalue weighted by Gasteiger charge is -2.03. The molecule has 3 heteroatoms. The number of nitrogens with one attached hydrogen (secondary N) is 1. The number of phenolic OH excluding ortho intramolecular Hbond substituents is 1. The van der Waals surface area contributed by atoms with Crippen molar-refractivity contribution in [1.82, 2.24) is 4.98 Å². The molecule has 0 amide bonds. The largest absolute Gasteiger partial charge is 0.507 e. The lowest BCUT2D eigenvalue weighted by Crippen LogP contribution is -1.77. The molecule has 0 fully saturated rings. The van der Waals surface area contributed by atoms with Gasteiger partial charge in [0, 0.05) is 21.7 Å². The summed E-state index contributed by atoms with van der Waals surface area (Å²) in [5, 5.41) is 14.4. The lowest BCUT2D eigenvalue weighted by molar-refractivity contribution is 0.473. The van der Waals surface area contributed by atoms with Crippen LogP contribution in [0.2, 0.25) is 0 Å². The van der Waals surface area contributed by atoms with Crippen LogP contribution in [0.5, 0.6) is 5.75 Å². The summed E-state index contributed by atoms with van der Waals surface area (Å²) in [6.45, 7) is 0. The number of benzene rings is 3. The zero-order chi connectivity index (χ0) is 13.0. The molecule has 4 rings (SSSR count). The van der Waals surface area contributed by atoms with Crippen molar-refractivity contribution in [3.8, 4) is 5.75 Å². The Labute approximate surface area is 117 Å². The van der Waals surface area contributed by atoms with Crippen molar-refractivity contribution in [2.45, 2.75) is 0 Å². The molecule has 0 spiro atoms. The minimum absolute atomic E-state index is 0.263. The van der Waals surface area contributed by atoms with Crippen molar-refractivity contribution in [3.63, 3.8) is 0 Å². The minimum atomic E-state index is 0.263. The predicted octanol–water partition coefficient (Wildman–Crippen LogP) is 4.94. The second kappa shape index (κ2) is 3.75.